The lowest BCUT2D eigenvalue weighted by Gasteiger charge is -2.10. The number of carbonyl (C=O) groups is 1. The van der Waals surface area contributed by atoms with E-state index in [1.165, 1.54) is 30.7 Å². The molecule has 2 atom stereocenters. The minimum absolute atomic E-state index is 0.102. The number of ketones is 1. The van der Waals surface area contributed by atoms with Gasteiger partial charge in [-0.3, -0.25) is 10.1 Å². The number of methoxy groups -OCH3 is 1. The van der Waals surface area contributed by atoms with Gasteiger partial charge in [0, 0.05) is 34.4 Å². The molecule has 196 valence electrons. The van der Waals surface area contributed by atoms with Crippen LogP contribution in [-0.2, 0) is 11.2 Å². The average molecular weight is 529 g/mol. The average Bonchev–Trinajstić information content (AvgIpc) is 3.27. The van der Waals surface area contributed by atoms with Crippen LogP contribution in [0.1, 0.15) is 60.1 Å². The monoisotopic (exact) mass is 528 g/mol. The number of ether oxygens (including phenoxy) is 1. The van der Waals surface area contributed by atoms with Crippen molar-refractivity contribution in [3.63, 3.8) is 0 Å². The minimum Gasteiger partial charge on any atom is -0.507 e. The van der Waals surface area contributed by atoms with Gasteiger partial charge in [-0.2, -0.15) is 13.2 Å². The number of thiophene rings is 1. The zero-order chi connectivity index (χ0) is 26.9. The molecule has 0 saturated heterocycles. The van der Waals surface area contributed by atoms with Gasteiger partial charge in [-0.15, -0.1) is 11.3 Å². The molecular formula is C25H29F3NO6S+. The van der Waals surface area contributed by atoms with Crippen LogP contribution in [0.2, 0.25) is 0 Å². The molecule has 7 nitrogen and oxygen atoms in total. The fraction of sp³-hybridized carbons (Fsp3) is 0.400. The molecule has 0 aliphatic carbocycles. The highest BCUT2D eigenvalue weighted by Gasteiger charge is 2.29. The van der Waals surface area contributed by atoms with Crippen molar-refractivity contribution in [1.29, 1.82) is 0 Å². The summed E-state index contributed by atoms with van der Waals surface area (Å²) in [6.45, 7) is 3.41. The Morgan fingerprint density at radius 3 is 2.69 bits per heavy atom. The van der Waals surface area contributed by atoms with Gasteiger partial charge in [-0.1, -0.05) is 19.1 Å². The van der Waals surface area contributed by atoms with E-state index in [-0.39, 0.29) is 29.4 Å². The van der Waals surface area contributed by atoms with E-state index in [4.69, 9.17) is 4.42 Å². The Morgan fingerprint density at radius 2 is 2.06 bits per heavy atom. The normalized spacial score (nSPS) is 13.7. The molecule has 2 rings (SSSR count). The molecule has 36 heavy (non-hydrogen) atoms. The minimum atomic E-state index is -4.22. The van der Waals surface area contributed by atoms with E-state index < -0.39 is 36.0 Å². The number of aromatic hydroxyl groups is 1. The van der Waals surface area contributed by atoms with Crippen molar-refractivity contribution in [3.8, 4) is 5.75 Å². The van der Waals surface area contributed by atoms with Crippen molar-refractivity contribution in [2.75, 3.05) is 7.11 Å². The maximum absolute atomic E-state index is 12.5. The van der Waals surface area contributed by atoms with Crippen LogP contribution in [0.3, 0.4) is 0 Å². The highest BCUT2D eigenvalue weighted by atomic mass is 32.1. The van der Waals surface area contributed by atoms with Gasteiger partial charge in [0.1, 0.15) is 11.5 Å². The lowest BCUT2D eigenvalue weighted by molar-refractivity contribution is -0.133. The Bertz CT molecular complexity index is 1170. The largest absolute Gasteiger partial charge is 0.507 e. The van der Waals surface area contributed by atoms with Gasteiger partial charge in [0.25, 0.3) is 0 Å². The maximum atomic E-state index is 12.5. The molecule has 0 radical (unpaired) electrons. The van der Waals surface area contributed by atoms with Crippen LogP contribution < -0.4 is 10.9 Å². The van der Waals surface area contributed by atoms with Crippen LogP contribution in [0.25, 0.3) is 6.08 Å². The second kappa shape index (κ2) is 13.1. The Hall–Kier alpha value is -3.34. The number of nitrogens with one attached hydrogen (secondary N) is 1. The van der Waals surface area contributed by atoms with Crippen LogP contribution in [0.15, 0.2) is 45.8 Å². The number of amides is 1. The number of rotatable bonds is 11. The van der Waals surface area contributed by atoms with E-state index in [2.05, 4.69) is 10.1 Å². The molecule has 2 aromatic rings. The number of hydrogen-bond acceptors (Lipinski definition) is 6. The molecule has 11 heteroatoms. The molecule has 1 amide bonds. The summed E-state index contributed by atoms with van der Waals surface area (Å²) < 4.78 is 46.9. The van der Waals surface area contributed by atoms with Crippen molar-refractivity contribution < 1.29 is 37.0 Å². The topological polar surface area (TPSA) is 110 Å². The Morgan fingerprint density at radius 1 is 1.33 bits per heavy atom. The molecule has 0 spiro atoms. The van der Waals surface area contributed by atoms with Gasteiger partial charge < -0.3 is 14.3 Å². The molecule has 2 unspecified atom stereocenters. The van der Waals surface area contributed by atoms with Crippen LogP contribution in [0.4, 0.5) is 18.0 Å². The summed E-state index contributed by atoms with van der Waals surface area (Å²) in [7, 11) is 1.25. The molecule has 0 bridgehead atoms. The van der Waals surface area contributed by atoms with E-state index in [1.807, 2.05) is 0 Å². The third-order valence-electron chi connectivity index (χ3n) is 5.28. The summed E-state index contributed by atoms with van der Waals surface area (Å²) in [6, 6.07) is 4.59. The van der Waals surface area contributed by atoms with Crippen LogP contribution in [0.5, 0.6) is 5.75 Å². The molecule has 0 aliphatic heterocycles. The number of alkyl carbamates (subject to hydrolysis) is 1. The van der Waals surface area contributed by atoms with Gasteiger partial charge in [0.15, 0.2) is 0 Å². The first kappa shape index (κ1) is 28.9. The predicted octanol–water partition coefficient (Wildman–Crippen LogP) is 5.90. The van der Waals surface area contributed by atoms with Crippen LogP contribution in [0, 0.1) is 5.92 Å². The Balaban J connectivity index is 2.01. The first-order valence-electron chi connectivity index (χ1n) is 11.2. The third kappa shape index (κ3) is 9.03. The van der Waals surface area contributed by atoms with Crippen molar-refractivity contribution >= 4 is 29.3 Å². The number of carbonyl (C=O) groups excluding carboxylic acids is 2. The van der Waals surface area contributed by atoms with E-state index in [9.17, 15) is 32.7 Å². The third-order valence-corrected chi connectivity index (χ3v) is 6.39. The molecule has 3 N–H and O–H groups in total. The fourth-order valence-electron chi connectivity index (χ4n) is 3.18. The van der Waals surface area contributed by atoms with Crippen LogP contribution in [-0.4, -0.2) is 35.1 Å². The van der Waals surface area contributed by atoms with Gasteiger partial charge in [0.2, 0.25) is 5.56 Å². The van der Waals surface area contributed by atoms with E-state index in [1.54, 1.807) is 44.2 Å². The summed E-state index contributed by atoms with van der Waals surface area (Å²) in [5.41, 5.74) is -1.23. The van der Waals surface area contributed by atoms with E-state index in [0.717, 1.165) is 0 Å². The highest BCUT2D eigenvalue weighted by molar-refractivity contribution is 7.12. The van der Waals surface area contributed by atoms with Gasteiger partial charge in [-0.25, -0.2) is 9.59 Å². The smallest absolute Gasteiger partial charge is 0.410 e. The molecule has 0 aromatic carbocycles. The molecular weight excluding hydrogens is 499 g/mol. The first-order chi connectivity index (χ1) is 16.9. The van der Waals surface area contributed by atoms with Gasteiger partial charge in [0.05, 0.1) is 13.0 Å². The summed E-state index contributed by atoms with van der Waals surface area (Å²) in [5.74, 6) is -1.46. The number of halogens is 3. The van der Waals surface area contributed by atoms with Gasteiger partial charge in [-0.05, 0) is 44.4 Å². The number of alkyl halides is 3. The second-order valence-electron chi connectivity index (χ2n) is 8.17. The molecule has 2 heterocycles. The molecule has 0 saturated carbocycles. The number of allylic oxidation sites excluding steroid dienone is 2. The zero-order valence-electron chi connectivity index (χ0n) is 20.1. The lowest BCUT2D eigenvalue weighted by atomic mass is 9.97. The molecule has 2 aromatic heterocycles. The maximum Gasteiger partial charge on any atom is 0.410 e. The van der Waals surface area contributed by atoms with Crippen molar-refractivity contribution in [1.82, 2.24) is 5.32 Å². The number of hydrogen-bond donors (Lipinski definition) is 2. The van der Waals surface area contributed by atoms with Crippen molar-refractivity contribution in [2.45, 2.75) is 51.6 Å². The van der Waals surface area contributed by atoms with E-state index in [0.29, 0.717) is 22.6 Å². The summed E-state index contributed by atoms with van der Waals surface area (Å²) in [4.78, 5) is 35.4. The first-order valence-corrected chi connectivity index (χ1v) is 12.0. The lowest BCUT2D eigenvalue weighted by Crippen LogP contribution is -2.21. The van der Waals surface area contributed by atoms with Gasteiger partial charge >= 0.3 is 23.7 Å². The molecule has 0 fully saturated rings. The second-order valence-corrected chi connectivity index (χ2v) is 9.37. The summed E-state index contributed by atoms with van der Waals surface area (Å²) in [6.07, 6.45) is 1.68. The Kier molecular flexibility index (Phi) is 10.5. The van der Waals surface area contributed by atoms with Crippen molar-refractivity contribution in [3.05, 3.63) is 68.0 Å². The Labute approximate surface area is 210 Å². The highest BCUT2D eigenvalue weighted by Crippen LogP contribution is 2.28. The molecule has 0 aliphatic rings. The van der Waals surface area contributed by atoms with Crippen molar-refractivity contribution in [2.24, 2.45) is 5.92 Å². The predicted molar refractivity (Wildman–Crippen MR) is 132 cm³/mol. The quantitative estimate of drug-likeness (QED) is 0.279. The SMILES string of the molecule is COC(=O)N/C=C/CCC(C)c1cc(O)c(C(=[OH+])C(C)/C=C/c2ccc(CCC(F)(F)F)s2)c(=O)o1. The standard InChI is InChI=1S/C25H28F3NO6S/c1-15(6-4-5-13-29-24(33)34-3)20-14-19(30)21(23(32)35-20)22(31)16(2)7-8-17-9-10-18(36-17)11-12-25(26,27)28/h5,7-10,13-16,30H,4,6,11-12H2,1-3H3,(H,29,33)/p+1/b8-7+,13-5+. The summed E-state index contributed by atoms with van der Waals surface area (Å²) >= 11 is 1.21. The van der Waals surface area contributed by atoms with E-state index >= 15 is 0 Å². The fourth-order valence-corrected chi connectivity index (χ4v) is 4.10. The number of aryl methyl sites for hydroxylation is 1. The van der Waals surface area contributed by atoms with Crippen LogP contribution >= 0.6 is 11.3 Å². The summed E-state index contributed by atoms with van der Waals surface area (Å²) in [5, 5.41) is 12.8. The zero-order valence-corrected chi connectivity index (χ0v) is 20.9.